The van der Waals surface area contributed by atoms with Crippen LogP contribution in [0.4, 0.5) is 0 Å². The number of fused-ring (bicyclic) bond motifs is 10. The van der Waals surface area contributed by atoms with Crippen molar-refractivity contribution < 1.29 is 48.2 Å². The molecule has 5 nitrogen and oxygen atoms in total. The van der Waals surface area contributed by atoms with E-state index in [0.717, 1.165) is 83.4 Å². The van der Waals surface area contributed by atoms with Gasteiger partial charge in [0.1, 0.15) is 5.82 Å². The first kappa shape index (κ1) is 44.7. The number of nitrogens with zero attached hydrogens (tertiary/aromatic N) is 4. The Balaban J connectivity index is 0.00000897. The zero-order valence-corrected chi connectivity index (χ0v) is 53.5. The van der Waals surface area contributed by atoms with Gasteiger partial charge < -0.3 is 13.9 Å². The van der Waals surface area contributed by atoms with Gasteiger partial charge in [-0.15, -0.1) is 29.7 Å². The van der Waals surface area contributed by atoms with Crippen LogP contribution >= 0.6 is 0 Å². The summed E-state index contributed by atoms with van der Waals surface area (Å²) in [6.45, 7) is 19.7. The molecule has 0 amide bonds. The maximum Gasteiger partial charge on any atom is 0.268 e. The number of imidazole rings is 1. The zero-order valence-electron chi connectivity index (χ0n) is 64.2. The third-order valence-electron chi connectivity index (χ3n) is 16.9. The minimum Gasteiger partial charge on any atom is -0.510 e. The second-order valence-electron chi connectivity index (χ2n) is 25.8. The largest absolute Gasteiger partial charge is 0.510 e. The molecule has 0 saturated carbocycles. The van der Waals surface area contributed by atoms with Crippen molar-refractivity contribution in [1.82, 2.24) is 14.1 Å². The molecule has 0 N–H and O–H groups in total. The fourth-order valence-electron chi connectivity index (χ4n) is 12.2. The molecule has 0 fully saturated rings. The molecule has 3 aromatic heterocycles. The van der Waals surface area contributed by atoms with Gasteiger partial charge in [0.05, 0.1) is 34.5 Å². The van der Waals surface area contributed by atoms with Gasteiger partial charge in [-0.2, -0.15) is 18.2 Å². The Kier molecular flexibility index (Phi) is 11.1. The number of pyridine rings is 1. The molecular weight excluding hydrogens is 1280 g/mol. The van der Waals surface area contributed by atoms with Crippen molar-refractivity contribution in [3.05, 3.63) is 284 Å². The molecule has 0 radical (unpaired) electrons. The summed E-state index contributed by atoms with van der Waals surface area (Å²) in [6, 6.07) is 52.6. The predicted molar refractivity (Wildman–Crippen MR) is 368 cm³/mol. The Morgan fingerprint density at radius 2 is 1.00 bits per heavy atom. The fourth-order valence-corrected chi connectivity index (χ4v) is 12.2. The summed E-state index contributed by atoms with van der Waals surface area (Å²) < 4.78 is 134. The molecule has 0 bridgehead atoms. The molecule has 1 aliphatic rings. The van der Waals surface area contributed by atoms with E-state index >= 15 is 0 Å². The van der Waals surface area contributed by atoms with Crippen LogP contribution in [0.3, 0.4) is 0 Å². The summed E-state index contributed by atoms with van der Waals surface area (Å²) >= 11 is 0. The Morgan fingerprint density at radius 1 is 0.433 bits per heavy atom. The second-order valence-corrected chi connectivity index (χ2v) is 25.8. The van der Waals surface area contributed by atoms with E-state index in [2.05, 4.69) is 163 Å². The maximum atomic E-state index is 10.4. The summed E-state index contributed by atoms with van der Waals surface area (Å²) in [5, 5.41) is 1.96. The van der Waals surface area contributed by atoms with Crippen molar-refractivity contribution in [2.24, 2.45) is 0 Å². The first-order valence-corrected chi connectivity index (χ1v) is 29.9. The monoisotopic (exact) mass is 1360 g/mol. The number of hydrogen-bond donors (Lipinski definition) is 0. The first-order chi connectivity index (χ1) is 48.4. The normalized spacial score (nSPS) is 14.2. The third kappa shape index (κ3) is 10.4. The van der Waals surface area contributed by atoms with Crippen LogP contribution in [0.2, 0.25) is 0 Å². The zero-order chi connectivity index (χ0) is 72.2. The van der Waals surface area contributed by atoms with E-state index in [4.69, 9.17) is 17.9 Å². The van der Waals surface area contributed by atoms with Crippen molar-refractivity contribution in [3.8, 4) is 107 Å². The minimum absolute atomic E-state index is 0. The third-order valence-corrected chi connectivity index (χ3v) is 16.9. The number of benzene rings is 11. The van der Waals surface area contributed by atoms with Crippen molar-refractivity contribution >= 4 is 32.8 Å². The van der Waals surface area contributed by atoms with Gasteiger partial charge in [-0.1, -0.05) is 237 Å². The predicted octanol–water partition coefficient (Wildman–Crippen LogP) is 21.5. The van der Waals surface area contributed by atoms with Crippen LogP contribution in [0.15, 0.2) is 249 Å². The molecular formula is C84H68N4OPt-2. The van der Waals surface area contributed by atoms with Gasteiger partial charge in [-0.3, -0.25) is 4.57 Å². The molecule has 90 heavy (non-hydrogen) atoms. The van der Waals surface area contributed by atoms with Gasteiger partial charge in [-0.05, 0) is 164 Å². The van der Waals surface area contributed by atoms with Crippen LogP contribution in [0.25, 0.3) is 128 Å². The summed E-state index contributed by atoms with van der Waals surface area (Å²) in [7, 11) is 0. The summed E-state index contributed by atoms with van der Waals surface area (Å²) in [5.41, 5.74) is 11.1. The molecule has 442 valence electrons. The number of hydrogen-bond acceptors (Lipinski definition) is 2. The van der Waals surface area contributed by atoms with Gasteiger partial charge in [0.15, 0.2) is 0 Å². The molecule has 4 heterocycles. The number of rotatable bonds is 8. The average molecular weight is 1360 g/mol. The van der Waals surface area contributed by atoms with Gasteiger partial charge in [0.2, 0.25) is 0 Å². The van der Waals surface area contributed by atoms with Gasteiger partial charge in [0.25, 0.3) is 6.33 Å². The molecule has 6 heteroatoms. The fraction of sp³-hybridized carbons (Fsp3) is 0.143. The molecule has 0 spiro atoms. The summed E-state index contributed by atoms with van der Waals surface area (Å²) in [4.78, 5) is 4.90. The average Bonchev–Trinajstić information content (AvgIpc) is 1.58. The van der Waals surface area contributed by atoms with E-state index in [1.54, 1.807) is 12.1 Å². The molecule has 0 unspecified atom stereocenters. The molecule has 0 aliphatic carbocycles. The number of aromatic nitrogens is 4. The van der Waals surface area contributed by atoms with Crippen LogP contribution in [0, 0.1) is 18.5 Å². The van der Waals surface area contributed by atoms with E-state index in [0.29, 0.717) is 39.3 Å². The van der Waals surface area contributed by atoms with E-state index in [9.17, 15) is 9.60 Å². The smallest absolute Gasteiger partial charge is 0.268 e. The van der Waals surface area contributed by atoms with Crippen LogP contribution in [-0.4, -0.2) is 14.1 Å². The Hall–Kier alpha value is -9.67. The Labute approximate surface area is 561 Å². The van der Waals surface area contributed by atoms with E-state index in [1.807, 2.05) is 89.6 Å². The van der Waals surface area contributed by atoms with Crippen molar-refractivity contribution in [2.75, 3.05) is 0 Å². The molecule has 0 atom stereocenters. The van der Waals surface area contributed by atoms with Crippen molar-refractivity contribution in [1.29, 1.82) is 0 Å². The standard InChI is InChI=1S/C84H68N4O.Pt/c1-82(2,3)61-37-35-56(36-38-61)73-48-63(84(7,8)9)49-75-70-32-19-17-30-68(70)67-29-16-18-31-69(67)74-46-60(59-44-57(54-23-12-10-13-24-54)43-58(45-59)55-25-14-11-15-26-55)47-78-81(74)87(80(73)75)53-86(78)64-27-22-28-65(51-64)89-66-39-40-72-71-33-20-21-34-76(71)88(77(72)52-66)79-50-62(41-42-85-79)83(4,5)6;/h10-50H,1-9H3;/q-2;/i10D,11D,12D,13D,14D,15D,23D,24D,25D,26D,43D,44D,45D;. The maximum absolute atomic E-state index is 10.4. The summed E-state index contributed by atoms with van der Waals surface area (Å²) in [6.07, 6.45) is 5.71. The molecule has 15 rings (SSSR count). The van der Waals surface area contributed by atoms with Crippen LogP contribution < -0.4 is 9.30 Å². The Morgan fingerprint density at radius 3 is 1.63 bits per heavy atom. The molecule has 11 aromatic carbocycles. The van der Waals surface area contributed by atoms with E-state index in [-0.39, 0.29) is 48.4 Å². The van der Waals surface area contributed by atoms with Crippen LogP contribution in [0.5, 0.6) is 11.5 Å². The molecule has 14 aromatic rings. The van der Waals surface area contributed by atoms with E-state index in [1.165, 1.54) is 0 Å². The SMILES string of the molecule is [2H]c1c([2H])c([2H])c(-c2c([2H])c(-c3cc4c5c(c3)n(-c3[c-]c(Oc6[c-]c7c(cc6)c6ccccc6n7-c6cc(C(C)(C)C)ccn6)ccc3)[c-][n+]5-c3c(-c5ccc(C(C)(C)C)cc5)cc(C(C)(C)C)cc3-c3ccccc3-c3ccccc3-4)c([2H])c(-c3c([2H])c([2H])c([2H])c([2H])c3[2H])c2[2H])c([2H])c1[2H].[Pt]. The Bertz CT molecular complexity index is 5760. The van der Waals surface area contributed by atoms with Gasteiger partial charge in [-0.25, -0.2) is 4.98 Å². The first-order valence-electron chi connectivity index (χ1n) is 36.4. The van der Waals surface area contributed by atoms with Crippen LogP contribution in [0.1, 0.15) is 96.8 Å². The summed E-state index contributed by atoms with van der Waals surface area (Å²) in [5.74, 6) is 1.43. The number of para-hydroxylation sites is 1. The van der Waals surface area contributed by atoms with Crippen LogP contribution in [-0.2, 0) is 37.3 Å². The van der Waals surface area contributed by atoms with Gasteiger partial charge >= 0.3 is 0 Å². The topological polar surface area (TPSA) is 35.9 Å². The second kappa shape index (κ2) is 22.4. The number of ether oxygens (including phenoxy) is 1. The minimum atomic E-state index is -0.752. The quantitative estimate of drug-likeness (QED) is 0.112. The van der Waals surface area contributed by atoms with Gasteiger partial charge in [0, 0.05) is 44.3 Å². The van der Waals surface area contributed by atoms with E-state index < -0.39 is 101 Å². The molecule has 1 aliphatic heterocycles. The van der Waals surface area contributed by atoms with Crippen molar-refractivity contribution in [2.45, 2.75) is 78.6 Å². The molecule has 0 saturated heterocycles. The van der Waals surface area contributed by atoms with Crippen molar-refractivity contribution in [3.63, 3.8) is 0 Å².